The Morgan fingerprint density at radius 1 is 0.957 bits per heavy atom. The molecule has 2 aliphatic carbocycles. The Morgan fingerprint density at radius 3 is 2.09 bits per heavy atom. The van der Waals surface area contributed by atoms with Gasteiger partial charge in [-0.2, -0.15) is 0 Å². The highest BCUT2D eigenvalue weighted by Crippen LogP contribution is 2.31. The fourth-order valence-electron chi connectivity index (χ4n) is 2.60. The van der Waals surface area contributed by atoms with Gasteiger partial charge in [0.05, 0.1) is 0 Å². The molecular formula is C20H25FO2. The fraction of sp³-hybridized carbons (Fsp3) is 0.500. The van der Waals surface area contributed by atoms with E-state index in [-0.39, 0.29) is 5.82 Å². The van der Waals surface area contributed by atoms with Crippen LogP contribution in [0.5, 0.6) is 11.5 Å². The van der Waals surface area contributed by atoms with E-state index in [0.717, 1.165) is 5.92 Å². The number of halogens is 1. The van der Waals surface area contributed by atoms with Crippen LogP contribution in [0.1, 0.15) is 37.7 Å². The summed E-state index contributed by atoms with van der Waals surface area (Å²) in [5.41, 5.74) is 0.505. The Morgan fingerprint density at radius 2 is 1.52 bits per heavy atom. The fourth-order valence-corrected chi connectivity index (χ4v) is 2.60. The van der Waals surface area contributed by atoms with Gasteiger partial charge in [0, 0.05) is 5.56 Å². The van der Waals surface area contributed by atoms with E-state index in [2.05, 4.69) is 12.2 Å². The second kappa shape index (κ2) is 7.67. The van der Waals surface area contributed by atoms with E-state index in [0.29, 0.717) is 36.2 Å². The van der Waals surface area contributed by atoms with Gasteiger partial charge in [0.2, 0.25) is 0 Å². The number of allylic oxidation sites excluding steroid dienone is 2. The molecule has 0 amide bonds. The van der Waals surface area contributed by atoms with Gasteiger partial charge < -0.3 is 9.47 Å². The van der Waals surface area contributed by atoms with Crippen LogP contribution in [-0.2, 0) is 0 Å². The zero-order valence-corrected chi connectivity index (χ0v) is 13.8. The average molecular weight is 316 g/mol. The molecule has 23 heavy (non-hydrogen) atoms. The summed E-state index contributed by atoms with van der Waals surface area (Å²) >= 11 is 0. The third kappa shape index (κ3) is 4.60. The zero-order chi connectivity index (χ0) is 16.1. The van der Waals surface area contributed by atoms with Crippen molar-refractivity contribution in [3.8, 4) is 11.5 Å². The molecule has 2 aliphatic rings. The third-order valence-electron chi connectivity index (χ3n) is 4.56. The summed E-state index contributed by atoms with van der Waals surface area (Å²) in [6, 6.07) is 3.44. The minimum atomic E-state index is -0.328. The average Bonchev–Trinajstić information content (AvgIpc) is 3.31. The molecule has 0 spiro atoms. The van der Waals surface area contributed by atoms with Crippen molar-refractivity contribution in [1.82, 2.24) is 0 Å². The van der Waals surface area contributed by atoms with Crippen LogP contribution in [-0.4, -0.2) is 13.2 Å². The normalized spacial score (nSPS) is 18.5. The first kappa shape index (κ1) is 16.1. The maximum atomic E-state index is 14.3. The Kier molecular flexibility index (Phi) is 5.37. The van der Waals surface area contributed by atoms with E-state index < -0.39 is 0 Å². The van der Waals surface area contributed by atoms with Crippen molar-refractivity contribution in [3.63, 3.8) is 0 Å². The number of hydrogen-bond donors (Lipinski definition) is 0. The van der Waals surface area contributed by atoms with Gasteiger partial charge in [-0.1, -0.05) is 30.7 Å². The highest BCUT2D eigenvalue weighted by molar-refractivity contribution is 5.41. The Hall–Kier alpha value is -1.77. The minimum absolute atomic E-state index is 0.292. The first-order valence-corrected chi connectivity index (χ1v) is 8.62. The van der Waals surface area contributed by atoms with Gasteiger partial charge in [-0.15, -0.1) is 0 Å². The predicted molar refractivity (Wildman–Crippen MR) is 90.5 cm³/mol. The monoisotopic (exact) mass is 316 g/mol. The van der Waals surface area contributed by atoms with Crippen molar-refractivity contribution in [2.75, 3.05) is 13.2 Å². The molecule has 0 radical (unpaired) electrons. The molecule has 0 aromatic heterocycles. The number of ether oxygens (including phenoxy) is 2. The van der Waals surface area contributed by atoms with E-state index >= 15 is 0 Å². The third-order valence-corrected chi connectivity index (χ3v) is 4.56. The van der Waals surface area contributed by atoms with Crippen molar-refractivity contribution in [3.05, 3.63) is 47.8 Å². The van der Waals surface area contributed by atoms with Crippen LogP contribution in [0.2, 0.25) is 0 Å². The van der Waals surface area contributed by atoms with Crippen molar-refractivity contribution in [2.45, 2.75) is 39.0 Å². The molecule has 1 aromatic rings. The van der Waals surface area contributed by atoms with Crippen LogP contribution < -0.4 is 9.47 Å². The summed E-state index contributed by atoms with van der Waals surface area (Å²) in [7, 11) is 0. The molecule has 0 N–H and O–H groups in total. The van der Waals surface area contributed by atoms with E-state index in [9.17, 15) is 4.39 Å². The number of hydrogen-bond acceptors (Lipinski definition) is 2. The maximum absolute atomic E-state index is 14.3. The van der Waals surface area contributed by atoms with Crippen LogP contribution in [0, 0.1) is 24.6 Å². The molecule has 0 atom stereocenters. The molecule has 2 fully saturated rings. The van der Waals surface area contributed by atoms with Gasteiger partial charge in [-0.3, -0.25) is 0 Å². The Bertz CT molecular complexity index is 584. The van der Waals surface area contributed by atoms with E-state index in [1.807, 2.05) is 12.2 Å². The molecule has 0 aliphatic heterocycles. The highest BCUT2D eigenvalue weighted by Gasteiger charge is 2.17. The van der Waals surface area contributed by atoms with Crippen LogP contribution in [0.15, 0.2) is 36.4 Å². The van der Waals surface area contributed by atoms with E-state index in [4.69, 9.17) is 9.47 Å². The predicted octanol–water partition coefficient (Wildman–Crippen LogP) is 5.21. The van der Waals surface area contributed by atoms with Crippen LogP contribution in [0.25, 0.3) is 0 Å². The first-order chi connectivity index (χ1) is 11.2. The van der Waals surface area contributed by atoms with Gasteiger partial charge in [-0.05, 0) is 56.6 Å². The number of benzene rings is 1. The van der Waals surface area contributed by atoms with Crippen molar-refractivity contribution in [1.29, 1.82) is 0 Å². The smallest absolute Gasteiger partial charge is 0.171 e. The summed E-state index contributed by atoms with van der Waals surface area (Å²) < 4.78 is 25.5. The van der Waals surface area contributed by atoms with Crippen LogP contribution in [0.3, 0.4) is 0 Å². The summed E-state index contributed by atoms with van der Waals surface area (Å²) in [4.78, 5) is 0. The molecule has 3 rings (SSSR count). The molecule has 124 valence electrons. The molecular weight excluding hydrogens is 291 g/mol. The van der Waals surface area contributed by atoms with Crippen molar-refractivity contribution in [2.24, 2.45) is 11.8 Å². The number of rotatable bonds is 8. The van der Waals surface area contributed by atoms with Gasteiger partial charge in [0.1, 0.15) is 19.0 Å². The second-order valence-corrected chi connectivity index (χ2v) is 6.51. The molecule has 2 saturated carbocycles. The minimum Gasteiger partial charge on any atom is -0.489 e. The molecule has 3 heteroatoms. The van der Waals surface area contributed by atoms with Gasteiger partial charge in [-0.25, -0.2) is 4.39 Å². The quantitative estimate of drug-likeness (QED) is 0.613. The van der Waals surface area contributed by atoms with Gasteiger partial charge in [0.25, 0.3) is 0 Å². The van der Waals surface area contributed by atoms with Crippen molar-refractivity contribution < 1.29 is 13.9 Å². The summed E-state index contributed by atoms with van der Waals surface area (Å²) in [5.74, 6) is 1.98. The Balaban J connectivity index is 1.50. The second-order valence-electron chi connectivity index (χ2n) is 6.51. The molecule has 0 bridgehead atoms. The van der Waals surface area contributed by atoms with Crippen LogP contribution in [0.4, 0.5) is 4.39 Å². The van der Waals surface area contributed by atoms with Crippen molar-refractivity contribution >= 4 is 0 Å². The van der Waals surface area contributed by atoms with E-state index in [1.165, 1.54) is 32.1 Å². The highest BCUT2D eigenvalue weighted by atomic mass is 19.1. The zero-order valence-electron chi connectivity index (χ0n) is 13.8. The summed E-state index contributed by atoms with van der Waals surface area (Å²) in [5, 5.41) is 0. The summed E-state index contributed by atoms with van der Waals surface area (Å²) in [6.07, 6.45) is 14.8. The molecule has 1 aromatic carbocycles. The maximum Gasteiger partial charge on any atom is 0.171 e. The first-order valence-electron chi connectivity index (χ1n) is 8.62. The standard InChI is InChI=1S/C20H25FO2/c1-15-18(22-13-3-7-16-5-2-6-16)11-12-19(20(15)21)23-14-4-8-17-9-10-17/h3-4,7-8,11-12,16-17H,2,5-6,9-10,13-14H2,1H3/b7-3+,8-4+. The molecule has 0 heterocycles. The largest absolute Gasteiger partial charge is 0.489 e. The Labute approximate surface area is 138 Å². The topological polar surface area (TPSA) is 18.5 Å². The lowest BCUT2D eigenvalue weighted by molar-refractivity contribution is 0.329. The SMILES string of the molecule is Cc1c(OC/C=C/C2CCC2)ccc(OC/C=C/C2CC2)c1F. The molecule has 2 nitrogen and oxygen atoms in total. The lowest BCUT2D eigenvalue weighted by Crippen LogP contribution is -2.08. The summed E-state index contributed by atoms with van der Waals surface area (Å²) in [6.45, 7) is 2.63. The van der Waals surface area contributed by atoms with E-state index in [1.54, 1.807) is 19.1 Å². The van der Waals surface area contributed by atoms with Gasteiger partial charge >= 0.3 is 0 Å². The van der Waals surface area contributed by atoms with Crippen LogP contribution >= 0.6 is 0 Å². The molecule has 0 unspecified atom stereocenters. The lowest BCUT2D eigenvalue weighted by atomic mass is 9.85. The lowest BCUT2D eigenvalue weighted by Gasteiger charge is -2.21. The van der Waals surface area contributed by atoms with Gasteiger partial charge in [0.15, 0.2) is 11.6 Å². The molecule has 0 saturated heterocycles.